The van der Waals surface area contributed by atoms with Crippen molar-refractivity contribution in [3.05, 3.63) is 48.7 Å². The molecule has 1 aromatic carbocycles. The number of benzene rings is 1. The van der Waals surface area contributed by atoms with Gasteiger partial charge < -0.3 is 9.64 Å². The maximum absolute atomic E-state index is 5.47. The first-order valence-corrected chi connectivity index (χ1v) is 9.15. The number of fused-ring (bicyclic) bond motifs is 1. The van der Waals surface area contributed by atoms with Gasteiger partial charge in [-0.1, -0.05) is 30.3 Å². The number of rotatable bonds is 5. The average Bonchev–Trinajstić information content (AvgIpc) is 3.17. The molecule has 3 aromatic rings. The number of anilines is 1. The third-order valence-corrected chi connectivity index (χ3v) is 5.01. The van der Waals surface area contributed by atoms with Crippen molar-refractivity contribution in [3.63, 3.8) is 0 Å². The molecule has 3 heterocycles. The maximum atomic E-state index is 5.47. The lowest BCUT2D eigenvalue weighted by atomic mass is 10.1. The molecule has 0 bridgehead atoms. The molecule has 26 heavy (non-hydrogen) atoms. The number of aromatic nitrogens is 3. The van der Waals surface area contributed by atoms with E-state index in [-0.39, 0.29) is 0 Å². The van der Waals surface area contributed by atoms with Gasteiger partial charge in [0, 0.05) is 50.4 Å². The predicted octanol–water partition coefficient (Wildman–Crippen LogP) is 2.55. The van der Waals surface area contributed by atoms with E-state index in [0.29, 0.717) is 6.04 Å². The molecule has 0 saturated carbocycles. The standard InChI is InChI=1S/C20H25N5O/c1-16(24-10-12-26-13-11-24)15-23(2)20-14-18(17-6-4-3-5-7-17)22-19-8-9-21-25(19)20/h3-9,14,16H,10-13,15H2,1-2H3/t16-/m0/s1. The van der Waals surface area contributed by atoms with Gasteiger partial charge in [-0.15, -0.1) is 0 Å². The van der Waals surface area contributed by atoms with Gasteiger partial charge in [0.15, 0.2) is 5.65 Å². The number of hydrogen-bond donors (Lipinski definition) is 0. The van der Waals surface area contributed by atoms with Crippen molar-refractivity contribution in [1.82, 2.24) is 19.5 Å². The molecule has 0 radical (unpaired) electrons. The van der Waals surface area contributed by atoms with Crippen LogP contribution in [0.4, 0.5) is 5.82 Å². The van der Waals surface area contributed by atoms with Gasteiger partial charge in [-0.2, -0.15) is 9.61 Å². The van der Waals surface area contributed by atoms with E-state index in [1.165, 1.54) is 0 Å². The third kappa shape index (κ3) is 3.43. The van der Waals surface area contributed by atoms with Crippen LogP contribution < -0.4 is 4.90 Å². The van der Waals surface area contributed by atoms with Crippen molar-refractivity contribution in [3.8, 4) is 11.3 Å². The molecule has 1 aliphatic heterocycles. The number of likely N-dealkylation sites (N-methyl/N-ethyl adjacent to an activating group) is 1. The second-order valence-electron chi connectivity index (χ2n) is 6.84. The zero-order chi connectivity index (χ0) is 17.9. The summed E-state index contributed by atoms with van der Waals surface area (Å²) < 4.78 is 7.39. The van der Waals surface area contributed by atoms with Crippen LogP contribution in [-0.2, 0) is 4.74 Å². The van der Waals surface area contributed by atoms with E-state index in [2.05, 4.69) is 47.1 Å². The Morgan fingerprint density at radius 1 is 1.15 bits per heavy atom. The van der Waals surface area contributed by atoms with Crippen LogP contribution >= 0.6 is 0 Å². The third-order valence-electron chi connectivity index (χ3n) is 5.01. The van der Waals surface area contributed by atoms with Crippen molar-refractivity contribution in [2.24, 2.45) is 0 Å². The Labute approximate surface area is 154 Å². The Morgan fingerprint density at radius 3 is 2.69 bits per heavy atom. The fraction of sp³-hybridized carbons (Fsp3) is 0.400. The molecule has 0 aliphatic carbocycles. The van der Waals surface area contributed by atoms with Crippen LogP contribution in [0, 0.1) is 0 Å². The zero-order valence-electron chi connectivity index (χ0n) is 15.4. The van der Waals surface area contributed by atoms with Gasteiger partial charge in [0.1, 0.15) is 5.82 Å². The van der Waals surface area contributed by atoms with Gasteiger partial charge in [0.05, 0.1) is 25.1 Å². The van der Waals surface area contributed by atoms with Crippen molar-refractivity contribution >= 4 is 11.5 Å². The molecule has 0 N–H and O–H groups in total. The molecule has 1 atom stereocenters. The highest BCUT2D eigenvalue weighted by Gasteiger charge is 2.20. The Balaban J connectivity index is 1.63. The minimum atomic E-state index is 0.447. The quantitative estimate of drug-likeness (QED) is 0.707. The number of hydrogen-bond acceptors (Lipinski definition) is 5. The van der Waals surface area contributed by atoms with Gasteiger partial charge in [0.2, 0.25) is 0 Å². The molecule has 6 nitrogen and oxygen atoms in total. The first-order valence-electron chi connectivity index (χ1n) is 9.15. The highest BCUT2D eigenvalue weighted by Crippen LogP contribution is 2.24. The molecular formula is C20H25N5O. The van der Waals surface area contributed by atoms with Crippen molar-refractivity contribution in [2.75, 3.05) is 44.8 Å². The van der Waals surface area contributed by atoms with Crippen LogP contribution in [0.2, 0.25) is 0 Å². The molecule has 0 unspecified atom stereocenters. The molecule has 6 heteroatoms. The van der Waals surface area contributed by atoms with E-state index in [9.17, 15) is 0 Å². The lowest BCUT2D eigenvalue weighted by molar-refractivity contribution is 0.0217. The van der Waals surface area contributed by atoms with E-state index in [0.717, 1.165) is 55.6 Å². The maximum Gasteiger partial charge on any atom is 0.157 e. The molecule has 1 saturated heterocycles. The van der Waals surface area contributed by atoms with Gasteiger partial charge in [-0.3, -0.25) is 4.90 Å². The molecule has 2 aromatic heterocycles. The van der Waals surface area contributed by atoms with Gasteiger partial charge in [0.25, 0.3) is 0 Å². The molecule has 1 fully saturated rings. The lowest BCUT2D eigenvalue weighted by Gasteiger charge is -2.35. The highest BCUT2D eigenvalue weighted by molar-refractivity contribution is 5.66. The lowest BCUT2D eigenvalue weighted by Crippen LogP contribution is -2.47. The largest absolute Gasteiger partial charge is 0.379 e. The average molecular weight is 351 g/mol. The molecule has 1 aliphatic rings. The molecule has 0 spiro atoms. The molecule has 4 rings (SSSR count). The SMILES string of the molecule is C[C@@H](CN(C)c1cc(-c2ccccc2)nc2ccnn12)N1CCOCC1. The normalized spacial score (nSPS) is 16.7. The highest BCUT2D eigenvalue weighted by atomic mass is 16.5. The van der Waals surface area contributed by atoms with Crippen molar-refractivity contribution in [1.29, 1.82) is 0 Å². The van der Waals surface area contributed by atoms with Crippen LogP contribution in [0.25, 0.3) is 16.9 Å². The first-order chi connectivity index (χ1) is 12.7. The minimum Gasteiger partial charge on any atom is -0.379 e. The molecule has 0 amide bonds. The Kier molecular flexibility index (Phi) is 4.86. The van der Waals surface area contributed by atoms with Crippen LogP contribution in [0.1, 0.15) is 6.92 Å². The Hall–Kier alpha value is -2.44. The second-order valence-corrected chi connectivity index (χ2v) is 6.84. The van der Waals surface area contributed by atoms with Crippen molar-refractivity contribution in [2.45, 2.75) is 13.0 Å². The Morgan fingerprint density at radius 2 is 1.92 bits per heavy atom. The van der Waals surface area contributed by atoms with Crippen LogP contribution in [0.15, 0.2) is 48.7 Å². The van der Waals surface area contributed by atoms with E-state index in [1.807, 2.05) is 28.8 Å². The zero-order valence-corrected chi connectivity index (χ0v) is 15.4. The van der Waals surface area contributed by atoms with E-state index < -0.39 is 0 Å². The summed E-state index contributed by atoms with van der Waals surface area (Å²) in [6.45, 7) is 6.85. The topological polar surface area (TPSA) is 45.9 Å². The molecule has 136 valence electrons. The molecular weight excluding hydrogens is 326 g/mol. The number of nitrogens with zero attached hydrogens (tertiary/aromatic N) is 5. The summed E-state index contributed by atoms with van der Waals surface area (Å²) in [5, 5.41) is 4.47. The fourth-order valence-corrected chi connectivity index (χ4v) is 3.55. The smallest absolute Gasteiger partial charge is 0.157 e. The summed E-state index contributed by atoms with van der Waals surface area (Å²) in [6, 6.07) is 14.8. The first kappa shape index (κ1) is 17.0. The summed E-state index contributed by atoms with van der Waals surface area (Å²) in [4.78, 5) is 9.52. The van der Waals surface area contributed by atoms with Crippen LogP contribution in [-0.4, -0.2) is 65.4 Å². The minimum absolute atomic E-state index is 0.447. The summed E-state index contributed by atoms with van der Waals surface area (Å²) >= 11 is 0. The van der Waals surface area contributed by atoms with Crippen LogP contribution in [0.5, 0.6) is 0 Å². The van der Waals surface area contributed by atoms with E-state index in [1.54, 1.807) is 6.20 Å². The van der Waals surface area contributed by atoms with Crippen molar-refractivity contribution < 1.29 is 4.74 Å². The van der Waals surface area contributed by atoms with Gasteiger partial charge in [-0.05, 0) is 6.92 Å². The summed E-state index contributed by atoms with van der Waals surface area (Å²) in [5.41, 5.74) is 2.96. The number of morpholine rings is 1. The second kappa shape index (κ2) is 7.43. The Bertz CT molecular complexity index is 857. The summed E-state index contributed by atoms with van der Waals surface area (Å²) in [6.07, 6.45) is 1.81. The summed E-state index contributed by atoms with van der Waals surface area (Å²) in [7, 11) is 2.13. The summed E-state index contributed by atoms with van der Waals surface area (Å²) in [5.74, 6) is 1.05. The predicted molar refractivity (Wildman–Crippen MR) is 104 cm³/mol. The van der Waals surface area contributed by atoms with E-state index >= 15 is 0 Å². The monoisotopic (exact) mass is 351 g/mol. The van der Waals surface area contributed by atoms with Crippen LogP contribution in [0.3, 0.4) is 0 Å². The van der Waals surface area contributed by atoms with Gasteiger partial charge >= 0.3 is 0 Å². The van der Waals surface area contributed by atoms with Gasteiger partial charge in [-0.25, -0.2) is 4.98 Å². The fourth-order valence-electron chi connectivity index (χ4n) is 3.55. The van der Waals surface area contributed by atoms with E-state index in [4.69, 9.17) is 9.72 Å². The number of ether oxygens (including phenoxy) is 1.